The van der Waals surface area contributed by atoms with Crippen LogP contribution in [0.5, 0.6) is 5.75 Å². The molecule has 0 aliphatic rings. The van der Waals surface area contributed by atoms with Gasteiger partial charge in [-0.3, -0.25) is 4.79 Å². The fraction of sp³-hybridized carbons (Fsp3) is 0.0526. The summed E-state index contributed by atoms with van der Waals surface area (Å²) < 4.78 is 6.93. The summed E-state index contributed by atoms with van der Waals surface area (Å²) >= 11 is 1.49. The van der Waals surface area contributed by atoms with Gasteiger partial charge < -0.3 is 4.74 Å². The van der Waals surface area contributed by atoms with Gasteiger partial charge in [0.1, 0.15) is 12.4 Å². The number of hydrogen-bond acceptors (Lipinski definition) is 4. The summed E-state index contributed by atoms with van der Waals surface area (Å²) in [7, 11) is 0. The van der Waals surface area contributed by atoms with Crippen molar-refractivity contribution in [3.63, 3.8) is 0 Å². The zero-order valence-corrected chi connectivity index (χ0v) is 13.0. The first-order valence-electron chi connectivity index (χ1n) is 7.28. The van der Waals surface area contributed by atoms with E-state index >= 15 is 0 Å². The number of benzene rings is 2. The van der Waals surface area contributed by atoms with Crippen molar-refractivity contribution in [3.05, 3.63) is 71.2 Å². The van der Waals surface area contributed by atoms with Gasteiger partial charge in [-0.1, -0.05) is 24.3 Å². The fourth-order valence-corrected chi connectivity index (χ4v) is 3.40. The quantitative estimate of drug-likeness (QED) is 0.505. The third kappa shape index (κ3) is 2.81. The van der Waals surface area contributed by atoms with E-state index in [2.05, 4.69) is 11.1 Å². The smallest absolute Gasteiger partial charge is 0.160 e. The fourth-order valence-electron chi connectivity index (χ4n) is 2.54. The highest BCUT2D eigenvalue weighted by Gasteiger charge is 2.04. The Kier molecular flexibility index (Phi) is 3.52. The Balaban J connectivity index is 1.56. The number of pyridine rings is 1. The number of para-hydroxylation sites is 1. The van der Waals surface area contributed by atoms with Crippen LogP contribution in [-0.2, 0) is 6.61 Å². The normalized spacial score (nSPS) is 11.0. The van der Waals surface area contributed by atoms with Crippen molar-refractivity contribution in [2.24, 2.45) is 0 Å². The molecule has 2 aromatic heterocycles. The molecule has 4 rings (SSSR count). The Morgan fingerprint density at radius 3 is 2.83 bits per heavy atom. The SMILES string of the molecule is O=Cc1cc2cc(OCc3ccc4ccccc4n3)ccc2s1. The minimum absolute atomic E-state index is 0.418. The van der Waals surface area contributed by atoms with Gasteiger partial charge in [0, 0.05) is 10.1 Å². The predicted molar refractivity (Wildman–Crippen MR) is 93.3 cm³/mol. The molecule has 4 heteroatoms. The summed E-state index contributed by atoms with van der Waals surface area (Å²) in [5, 5.41) is 2.15. The van der Waals surface area contributed by atoms with E-state index in [9.17, 15) is 4.79 Å². The van der Waals surface area contributed by atoms with Gasteiger partial charge >= 0.3 is 0 Å². The van der Waals surface area contributed by atoms with E-state index in [4.69, 9.17) is 4.74 Å². The summed E-state index contributed by atoms with van der Waals surface area (Å²) in [6.07, 6.45) is 0.879. The van der Waals surface area contributed by atoms with Gasteiger partial charge in [0.25, 0.3) is 0 Å². The van der Waals surface area contributed by atoms with E-state index in [0.29, 0.717) is 6.61 Å². The second-order valence-corrected chi connectivity index (χ2v) is 6.37. The van der Waals surface area contributed by atoms with Crippen LogP contribution in [-0.4, -0.2) is 11.3 Å². The molecular formula is C19H13NO2S. The first-order valence-corrected chi connectivity index (χ1v) is 8.10. The van der Waals surface area contributed by atoms with Crippen molar-refractivity contribution in [1.82, 2.24) is 4.98 Å². The topological polar surface area (TPSA) is 39.2 Å². The molecular weight excluding hydrogens is 306 g/mol. The van der Waals surface area contributed by atoms with E-state index in [-0.39, 0.29) is 0 Å². The number of nitrogens with zero attached hydrogens (tertiary/aromatic N) is 1. The van der Waals surface area contributed by atoms with Gasteiger partial charge in [-0.2, -0.15) is 0 Å². The number of aldehydes is 1. The van der Waals surface area contributed by atoms with Crippen LogP contribution in [0.25, 0.3) is 21.0 Å². The highest BCUT2D eigenvalue weighted by atomic mass is 32.1. The Hall–Kier alpha value is -2.72. The van der Waals surface area contributed by atoms with Crippen molar-refractivity contribution in [2.45, 2.75) is 6.61 Å². The minimum Gasteiger partial charge on any atom is -0.487 e. The molecule has 0 amide bonds. The Labute approximate surface area is 137 Å². The predicted octanol–water partition coefficient (Wildman–Crippen LogP) is 4.84. The third-order valence-electron chi connectivity index (χ3n) is 3.67. The lowest BCUT2D eigenvalue weighted by Gasteiger charge is -2.07. The maximum absolute atomic E-state index is 10.8. The maximum Gasteiger partial charge on any atom is 0.160 e. The van der Waals surface area contributed by atoms with Crippen LogP contribution < -0.4 is 4.74 Å². The minimum atomic E-state index is 0.418. The van der Waals surface area contributed by atoms with Gasteiger partial charge in [-0.25, -0.2) is 4.98 Å². The van der Waals surface area contributed by atoms with Crippen LogP contribution in [0.1, 0.15) is 15.4 Å². The lowest BCUT2D eigenvalue weighted by atomic mass is 10.2. The van der Waals surface area contributed by atoms with Crippen molar-refractivity contribution in [3.8, 4) is 5.75 Å². The first-order chi connectivity index (χ1) is 11.3. The number of carbonyl (C=O) groups is 1. The molecule has 0 radical (unpaired) electrons. The molecule has 2 heterocycles. The van der Waals surface area contributed by atoms with Crippen LogP contribution >= 0.6 is 11.3 Å². The standard InChI is InChI=1S/C19H13NO2S/c21-11-17-10-14-9-16(7-8-19(14)23-17)22-12-15-6-5-13-3-1-2-4-18(13)20-15/h1-11H,12H2. The van der Waals surface area contributed by atoms with Gasteiger partial charge in [0.15, 0.2) is 6.29 Å². The summed E-state index contributed by atoms with van der Waals surface area (Å²) in [5.41, 5.74) is 1.86. The molecule has 112 valence electrons. The molecule has 0 unspecified atom stereocenters. The van der Waals surface area contributed by atoms with E-state index in [1.807, 2.05) is 54.6 Å². The van der Waals surface area contributed by atoms with Crippen LogP contribution in [0.4, 0.5) is 0 Å². The lowest BCUT2D eigenvalue weighted by molar-refractivity contribution is 0.112. The molecule has 0 bridgehead atoms. The van der Waals surface area contributed by atoms with Crippen LogP contribution in [0, 0.1) is 0 Å². The zero-order chi connectivity index (χ0) is 15.6. The monoisotopic (exact) mass is 319 g/mol. The average molecular weight is 319 g/mol. The molecule has 0 fully saturated rings. The summed E-state index contributed by atoms with van der Waals surface area (Å²) in [6, 6.07) is 19.8. The number of ether oxygens (including phenoxy) is 1. The number of hydrogen-bond donors (Lipinski definition) is 0. The molecule has 0 N–H and O–H groups in total. The third-order valence-corrected chi connectivity index (χ3v) is 4.71. The van der Waals surface area contributed by atoms with Crippen molar-refractivity contribution < 1.29 is 9.53 Å². The highest BCUT2D eigenvalue weighted by Crippen LogP contribution is 2.28. The number of fused-ring (bicyclic) bond motifs is 2. The Morgan fingerprint density at radius 2 is 1.91 bits per heavy atom. The number of thiophene rings is 1. The molecule has 3 nitrogen and oxygen atoms in total. The zero-order valence-electron chi connectivity index (χ0n) is 12.2. The average Bonchev–Trinajstić information content (AvgIpc) is 3.02. The second kappa shape index (κ2) is 5.82. The van der Waals surface area contributed by atoms with Gasteiger partial charge in [0.2, 0.25) is 0 Å². The van der Waals surface area contributed by atoms with E-state index in [1.165, 1.54) is 11.3 Å². The molecule has 0 saturated carbocycles. The second-order valence-electron chi connectivity index (χ2n) is 5.25. The van der Waals surface area contributed by atoms with Gasteiger partial charge in [-0.05, 0) is 41.8 Å². The summed E-state index contributed by atoms with van der Waals surface area (Å²) in [4.78, 5) is 16.2. The molecule has 0 aliphatic heterocycles. The van der Waals surface area contributed by atoms with Crippen molar-refractivity contribution in [2.75, 3.05) is 0 Å². The van der Waals surface area contributed by atoms with Crippen molar-refractivity contribution >= 4 is 38.6 Å². The van der Waals surface area contributed by atoms with Gasteiger partial charge in [-0.15, -0.1) is 11.3 Å². The van der Waals surface area contributed by atoms with Crippen molar-refractivity contribution in [1.29, 1.82) is 0 Å². The Bertz CT molecular complexity index is 1010. The molecule has 23 heavy (non-hydrogen) atoms. The molecule has 2 aromatic carbocycles. The molecule has 0 atom stereocenters. The lowest BCUT2D eigenvalue weighted by Crippen LogP contribution is -1.98. The van der Waals surface area contributed by atoms with Crippen LogP contribution in [0.3, 0.4) is 0 Å². The molecule has 0 spiro atoms. The molecule has 4 aromatic rings. The number of aromatic nitrogens is 1. The molecule has 0 aliphatic carbocycles. The number of rotatable bonds is 4. The van der Waals surface area contributed by atoms with Crippen LogP contribution in [0.15, 0.2) is 60.7 Å². The summed E-state index contributed by atoms with van der Waals surface area (Å²) in [6.45, 7) is 0.418. The van der Waals surface area contributed by atoms with E-state index in [0.717, 1.165) is 43.6 Å². The van der Waals surface area contributed by atoms with E-state index < -0.39 is 0 Å². The largest absolute Gasteiger partial charge is 0.487 e. The highest BCUT2D eigenvalue weighted by molar-refractivity contribution is 7.20. The Morgan fingerprint density at radius 1 is 1.00 bits per heavy atom. The van der Waals surface area contributed by atoms with Crippen LogP contribution in [0.2, 0.25) is 0 Å². The maximum atomic E-state index is 10.8. The first kappa shape index (κ1) is 13.9. The van der Waals surface area contributed by atoms with Gasteiger partial charge in [0.05, 0.1) is 16.1 Å². The van der Waals surface area contributed by atoms with E-state index in [1.54, 1.807) is 0 Å². The molecule has 0 saturated heterocycles. The summed E-state index contributed by atoms with van der Waals surface area (Å²) in [5.74, 6) is 0.780. The number of carbonyl (C=O) groups excluding carboxylic acids is 1.